The largest absolute Gasteiger partial charge is 0.497 e. The Morgan fingerprint density at radius 1 is 1.28 bits per heavy atom. The number of rotatable bonds is 5. The summed E-state index contributed by atoms with van der Waals surface area (Å²) in [5, 5.41) is 10.3. The third-order valence-electron chi connectivity index (χ3n) is 5.07. The summed E-state index contributed by atoms with van der Waals surface area (Å²) >= 11 is 0. The molecule has 2 amide bonds. The number of nitrogens with one attached hydrogen (secondary N) is 2. The zero-order chi connectivity index (χ0) is 20.2. The fourth-order valence-electron chi connectivity index (χ4n) is 3.60. The van der Waals surface area contributed by atoms with Crippen molar-refractivity contribution in [3.05, 3.63) is 48.7 Å². The van der Waals surface area contributed by atoms with E-state index in [1.807, 2.05) is 24.3 Å². The lowest BCUT2D eigenvalue weighted by Gasteiger charge is -2.34. The summed E-state index contributed by atoms with van der Waals surface area (Å²) < 4.78 is 12.3. The molecule has 1 fully saturated rings. The van der Waals surface area contributed by atoms with E-state index < -0.39 is 0 Å². The Kier molecular flexibility index (Phi) is 5.41. The van der Waals surface area contributed by atoms with E-state index >= 15 is 0 Å². The molecular weight excluding hydrogens is 370 g/mol. The van der Waals surface area contributed by atoms with Crippen molar-refractivity contribution in [2.45, 2.75) is 18.9 Å². The summed E-state index contributed by atoms with van der Waals surface area (Å²) in [7, 11) is 3.45. The Morgan fingerprint density at radius 3 is 2.97 bits per heavy atom. The predicted octanol–water partition coefficient (Wildman–Crippen LogP) is 3.48. The summed E-state index contributed by atoms with van der Waals surface area (Å²) in [6.07, 6.45) is 3.55. The number of nitrogens with zero attached hydrogens (tertiary/aromatic N) is 3. The molecule has 3 heterocycles. The van der Waals surface area contributed by atoms with Crippen LogP contribution >= 0.6 is 0 Å². The minimum Gasteiger partial charge on any atom is -0.497 e. The monoisotopic (exact) mass is 395 g/mol. The number of methoxy groups -OCH3 is 1. The van der Waals surface area contributed by atoms with Gasteiger partial charge in [-0.1, -0.05) is 6.07 Å². The standard InChI is InChI=1S/C21H25N5O3/c1-25-20(13-18(24-25)19-9-5-11-29-19)23-21(27)22-15-6-4-10-26(14-15)16-7-3-8-17(12-16)28-2/h3,5,7-9,11-13,15H,4,6,10,14H2,1-2H3,(H2,22,23,27)/t15-/m0/s1. The first-order valence-electron chi connectivity index (χ1n) is 9.67. The number of furan rings is 1. The third kappa shape index (κ3) is 4.37. The minimum atomic E-state index is -0.239. The van der Waals surface area contributed by atoms with Crippen LogP contribution in [0.25, 0.3) is 11.5 Å². The number of benzene rings is 1. The second kappa shape index (κ2) is 8.30. The number of hydrogen-bond donors (Lipinski definition) is 2. The zero-order valence-electron chi connectivity index (χ0n) is 16.6. The second-order valence-electron chi connectivity index (χ2n) is 7.10. The van der Waals surface area contributed by atoms with E-state index in [-0.39, 0.29) is 12.1 Å². The number of hydrogen-bond acceptors (Lipinski definition) is 5. The van der Waals surface area contributed by atoms with Crippen molar-refractivity contribution < 1.29 is 13.9 Å². The molecule has 2 aromatic heterocycles. The zero-order valence-corrected chi connectivity index (χ0v) is 16.6. The van der Waals surface area contributed by atoms with Crippen LogP contribution in [0, 0.1) is 0 Å². The highest BCUT2D eigenvalue weighted by Gasteiger charge is 2.22. The Balaban J connectivity index is 1.37. The molecule has 29 heavy (non-hydrogen) atoms. The van der Waals surface area contributed by atoms with Crippen molar-refractivity contribution in [1.29, 1.82) is 0 Å². The molecule has 1 saturated heterocycles. The molecular formula is C21H25N5O3. The number of anilines is 2. The lowest BCUT2D eigenvalue weighted by molar-refractivity contribution is 0.246. The summed E-state index contributed by atoms with van der Waals surface area (Å²) in [6.45, 7) is 1.71. The first-order valence-corrected chi connectivity index (χ1v) is 9.67. The van der Waals surface area contributed by atoms with Crippen molar-refractivity contribution in [3.8, 4) is 17.2 Å². The normalized spacial score (nSPS) is 16.5. The van der Waals surface area contributed by atoms with Crippen LogP contribution in [0.1, 0.15) is 12.8 Å². The van der Waals surface area contributed by atoms with Crippen LogP contribution in [0.15, 0.2) is 53.1 Å². The van der Waals surface area contributed by atoms with Gasteiger partial charge in [0.25, 0.3) is 0 Å². The van der Waals surface area contributed by atoms with Crippen molar-refractivity contribution >= 4 is 17.5 Å². The SMILES string of the molecule is COc1cccc(N2CCC[C@H](NC(=O)Nc3cc(-c4ccco4)nn3C)C2)c1. The van der Waals surface area contributed by atoms with Crippen LogP contribution in [-0.2, 0) is 7.05 Å². The summed E-state index contributed by atoms with van der Waals surface area (Å²) in [4.78, 5) is 14.8. The van der Waals surface area contributed by atoms with Crippen LogP contribution in [-0.4, -0.2) is 42.1 Å². The molecule has 0 saturated carbocycles. The molecule has 1 aliphatic heterocycles. The summed E-state index contributed by atoms with van der Waals surface area (Å²) in [5.74, 6) is 2.10. The van der Waals surface area contributed by atoms with E-state index in [2.05, 4.69) is 26.7 Å². The van der Waals surface area contributed by atoms with Gasteiger partial charge in [-0.25, -0.2) is 4.79 Å². The average molecular weight is 395 g/mol. The third-order valence-corrected chi connectivity index (χ3v) is 5.07. The van der Waals surface area contributed by atoms with E-state index in [9.17, 15) is 4.79 Å². The van der Waals surface area contributed by atoms with Crippen LogP contribution in [0.5, 0.6) is 5.75 Å². The highest BCUT2D eigenvalue weighted by atomic mass is 16.5. The number of amides is 2. The van der Waals surface area contributed by atoms with Gasteiger partial charge >= 0.3 is 6.03 Å². The van der Waals surface area contributed by atoms with Gasteiger partial charge in [0, 0.05) is 44.0 Å². The molecule has 8 nitrogen and oxygen atoms in total. The van der Waals surface area contributed by atoms with Crippen LogP contribution in [0.2, 0.25) is 0 Å². The molecule has 8 heteroatoms. The number of carbonyl (C=O) groups excluding carboxylic acids is 1. The molecule has 2 N–H and O–H groups in total. The number of aryl methyl sites for hydroxylation is 1. The van der Waals surface area contributed by atoms with Crippen molar-refractivity contribution in [2.24, 2.45) is 7.05 Å². The molecule has 152 valence electrons. The van der Waals surface area contributed by atoms with Crippen molar-refractivity contribution in [1.82, 2.24) is 15.1 Å². The van der Waals surface area contributed by atoms with E-state index in [0.717, 1.165) is 37.4 Å². The molecule has 0 radical (unpaired) electrons. The molecule has 3 aromatic rings. The van der Waals surface area contributed by atoms with Crippen molar-refractivity contribution in [2.75, 3.05) is 30.4 Å². The van der Waals surface area contributed by atoms with E-state index in [1.165, 1.54) is 0 Å². The Morgan fingerprint density at radius 2 is 2.17 bits per heavy atom. The predicted molar refractivity (Wildman–Crippen MR) is 111 cm³/mol. The maximum Gasteiger partial charge on any atom is 0.320 e. The lowest BCUT2D eigenvalue weighted by Crippen LogP contribution is -2.49. The summed E-state index contributed by atoms with van der Waals surface area (Å²) in [6, 6.07) is 13.3. The van der Waals surface area contributed by atoms with Gasteiger partial charge in [0.2, 0.25) is 0 Å². The molecule has 1 aromatic carbocycles. The van der Waals surface area contributed by atoms with E-state index in [0.29, 0.717) is 17.3 Å². The van der Waals surface area contributed by atoms with Gasteiger partial charge in [0.15, 0.2) is 5.76 Å². The highest BCUT2D eigenvalue weighted by molar-refractivity contribution is 5.89. The number of carbonyl (C=O) groups is 1. The van der Waals surface area contributed by atoms with Gasteiger partial charge in [-0.05, 0) is 37.1 Å². The Hall–Kier alpha value is -3.42. The number of urea groups is 1. The quantitative estimate of drug-likeness (QED) is 0.691. The number of piperidine rings is 1. The van der Waals surface area contributed by atoms with Gasteiger partial charge in [0.05, 0.1) is 13.4 Å². The Bertz CT molecular complexity index is 967. The van der Waals surface area contributed by atoms with E-state index in [4.69, 9.17) is 9.15 Å². The van der Waals surface area contributed by atoms with Crippen LogP contribution in [0.4, 0.5) is 16.3 Å². The van der Waals surface area contributed by atoms with Crippen LogP contribution in [0.3, 0.4) is 0 Å². The Labute approximate surface area is 169 Å². The molecule has 1 atom stereocenters. The van der Waals surface area contributed by atoms with Crippen molar-refractivity contribution in [3.63, 3.8) is 0 Å². The number of ether oxygens (including phenoxy) is 1. The maximum absolute atomic E-state index is 12.5. The minimum absolute atomic E-state index is 0.0627. The second-order valence-corrected chi connectivity index (χ2v) is 7.10. The van der Waals surface area contributed by atoms with Gasteiger partial charge in [0.1, 0.15) is 17.3 Å². The first kappa shape index (κ1) is 18.9. The first-order chi connectivity index (χ1) is 14.1. The smallest absolute Gasteiger partial charge is 0.320 e. The average Bonchev–Trinajstić information content (AvgIpc) is 3.38. The van der Waals surface area contributed by atoms with Gasteiger partial charge < -0.3 is 19.4 Å². The number of aromatic nitrogens is 2. The van der Waals surface area contributed by atoms with Gasteiger partial charge in [-0.15, -0.1) is 0 Å². The van der Waals surface area contributed by atoms with Crippen LogP contribution < -0.4 is 20.3 Å². The molecule has 4 rings (SSSR count). The molecule has 0 spiro atoms. The topological polar surface area (TPSA) is 84.6 Å². The molecule has 0 aliphatic carbocycles. The molecule has 0 unspecified atom stereocenters. The van der Waals surface area contributed by atoms with Gasteiger partial charge in [-0.3, -0.25) is 10.00 Å². The molecule has 0 bridgehead atoms. The van der Waals surface area contributed by atoms with Gasteiger partial charge in [-0.2, -0.15) is 5.10 Å². The summed E-state index contributed by atoms with van der Waals surface area (Å²) in [5.41, 5.74) is 1.78. The molecule has 1 aliphatic rings. The van der Waals surface area contributed by atoms with E-state index in [1.54, 1.807) is 37.2 Å². The maximum atomic E-state index is 12.5. The fraction of sp³-hybridized carbons (Fsp3) is 0.333. The fourth-order valence-corrected chi connectivity index (χ4v) is 3.60. The highest BCUT2D eigenvalue weighted by Crippen LogP contribution is 2.25. The lowest BCUT2D eigenvalue weighted by atomic mass is 10.0.